The van der Waals surface area contributed by atoms with Crippen molar-refractivity contribution in [2.75, 3.05) is 39.8 Å². The highest BCUT2D eigenvalue weighted by Crippen LogP contribution is 2.29. The fourth-order valence-corrected chi connectivity index (χ4v) is 4.37. The third kappa shape index (κ3) is 4.20. The minimum absolute atomic E-state index is 0.737. The summed E-state index contributed by atoms with van der Waals surface area (Å²) < 4.78 is 0. The number of likely N-dealkylation sites (tertiary alicyclic amines) is 2. The summed E-state index contributed by atoms with van der Waals surface area (Å²) in [6.45, 7) is 15.3. The van der Waals surface area contributed by atoms with Crippen molar-refractivity contribution < 1.29 is 0 Å². The lowest BCUT2D eigenvalue weighted by molar-refractivity contribution is 0.0602. The van der Waals surface area contributed by atoms with Gasteiger partial charge in [-0.1, -0.05) is 13.8 Å². The summed E-state index contributed by atoms with van der Waals surface area (Å²) in [7, 11) is 2.33. The third-order valence-corrected chi connectivity index (χ3v) is 5.82. The van der Waals surface area contributed by atoms with Crippen molar-refractivity contribution in [3.8, 4) is 0 Å². The zero-order valence-corrected chi connectivity index (χ0v) is 15.0. The molecule has 3 heterocycles. The van der Waals surface area contributed by atoms with E-state index in [1.54, 1.807) is 0 Å². The Labute approximate surface area is 132 Å². The van der Waals surface area contributed by atoms with Crippen LogP contribution in [-0.4, -0.2) is 72.6 Å². The van der Waals surface area contributed by atoms with Crippen LogP contribution >= 0.6 is 0 Å². The van der Waals surface area contributed by atoms with E-state index in [2.05, 4.69) is 35.6 Å². The molecule has 0 radical (unpaired) electrons. The lowest BCUT2D eigenvalue weighted by atomic mass is 9.95. The van der Waals surface area contributed by atoms with E-state index in [1.165, 1.54) is 58.4 Å². The molecule has 2 unspecified atom stereocenters. The molecule has 0 amide bonds. The minimum Gasteiger partial charge on any atom is -0.301 e. The zero-order valence-electron chi connectivity index (χ0n) is 15.0. The van der Waals surface area contributed by atoms with Crippen molar-refractivity contribution in [3.05, 3.63) is 0 Å². The van der Waals surface area contributed by atoms with Crippen molar-refractivity contribution >= 4 is 0 Å². The van der Waals surface area contributed by atoms with Crippen LogP contribution in [0.3, 0.4) is 0 Å². The number of hydrogen-bond acceptors (Lipinski definition) is 3. The molecule has 3 rings (SSSR count). The summed E-state index contributed by atoms with van der Waals surface area (Å²) in [6.07, 6.45) is 5.70. The van der Waals surface area contributed by atoms with E-state index >= 15 is 0 Å². The Hall–Kier alpha value is -0.120. The van der Waals surface area contributed by atoms with Gasteiger partial charge in [-0.05, 0) is 65.6 Å². The van der Waals surface area contributed by atoms with Crippen LogP contribution in [0.15, 0.2) is 0 Å². The Balaban J connectivity index is 0.000000774. The molecular formula is C18H37N3. The van der Waals surface area contributed by atoms with E-state index in [0.29, 0.717) is 0 Å². The largest absolute Gasteiger partial charge is 0.301 e. The number of piperidine rings is 1. The Morgan fingerprint density at radius 1 is 0.905 bits per heavy atom. The monoisotopic (exact) mass is 295 g/mol. The average molecular weight is 296 g/mol. The maximum absolute atomic E-state index is 2.78. The van der Waals surface area contributed by atoms with Crippen LogP contribution < -0.4 is 0 Å². The number of rotatable bonds is 3. The van der Waals surface area contributed by atoms with Gasteiger partial charge in [0.25, 0.3) is 0 Å². The highest BCUT2D eigenvalue weighted by Gasteiger charge is 2.38. The predicted molar refractivity (Wildman–Crippen MR) is 91.8 cm³/mol. The van der Waals surface area contributed by atoms with Crippen molar-refractivity contribution in [1.82, 2.24) is 14.7 Å². The van der Waals surface area contributed by atoms with Gasteiger partial charge in [-0.2, -0.15) is 0 Å². The Morgan fingerprint density at radius 2 is 1.43 bits per heavy atom. The molecule has 0 aromatic heterocycles. The summed E-state index contributed by atoms with van der Waals surface area (Å²) in [4.78, 5) is 8.06. The van der Waals surface area contributed by atoms with E-state index in [0.717, 1.165) is 24.0 Å². The standard InChI is InChI=1S/C16H31N3.C2H6/c1-13(2)19-8-6-14(7-9-19)10-18-11-15-4-5-16(12-18)17(15)3;1-2/h13-16H,4-12H2,1-3H3;1-2H3. The predicted octanol–water partition coefficient (Wildman–Crippen LogP) is 2.91. The van der Waals surface area contributed by atoms with Gasteiger partial charge in [-0.15, -0.1) is 0 Å². The van der Waals surface area contributed by atoms with Crippen molar-refractivity contribution in [2.24, 2.45) is 5.92 Å². The van der Waals surface area contributed by atoms with E-state index in [4.69, 9.17) is 0 Å². The molecule has 0 aromatic carbocycles. The zero-order chi connectivity index (χ0) is 15.4. The molecule has 0 saturated carbocycles. The van der Waals surface area contributed by atoms with Crippen molar-refractivity contribution in [1.29, 1.82) is 0 Å². The summed E-state index contributed by atoms with van der Waals surface area (Å²) in [5.74, 6) is 0.956. The van der Waals surface area contributed by atoms with Gasteiger partial charge in [0.15, 0.2) is 0 Å². The van der Waals surface area contributed by atoms with E-state index in [-0.39, 0.29) is 0 Å². The molecule has 3 heteroatoms. The highest BCUT2D eigenvalue weighted by atomic mass is 15.3. The van der Waals surface area contributed by atoms with Crippen LogP contribution in [0, 0.1) is 5.92 Å². The van der Waals surface area contributed by atoms with E-state index in [9.17, 15) is 0 Å². The molecule has 3 saturated heterocycles. The van der Waals surface area contributed by atoms with Gasteiger partial charge < -0.3 is 4.90 Å². The second-order valence-electron chi connectivity index (χ2n) is 7.34. The quantitative estimate of drug-likeness (QED) is 0.792. The molecule has 3 aliphatic heterocycles. The summed E-state index contributed by atoms with van der Waals surface area (Å²) in [5, 5.41) is 0. The van der Waals surface area contributed by atoms with Gasteiger partial charge in [0, 0.05) is 37.8 Å². The third-order valence-electron chi connectivity index (χ3n) is 5.82. The van der Waals surface area contributed by atoms with Crippen LogP contribution in [0.1, 0.15) is 53.4 Å². The van der Waals surface area contributed by atoms with Gasteiger partial charge in [-0.3, -0.25) is 9.80 Å². The lowest BCUT2D eigenvalue weighted by Gasteiger charge is -2.42. The first-order chi connectivity index (χ1) is 10.1. The molecule has 2 bridgehead atoms. The second-order valence-corrected chi connectivity index (χ2v) is 7.34. The first-order valence-electron chi connectivity index (χ1n) is 9.32. The molecule has 0 aromatic rings. The van der Waals surface area contributed by atoms with Crippen molar-refractivity contribution in [3.63, 3.8) is 0 Å². The van der Waals surface area contributed by atoms with Gasteiger partial charge in [-0.25, -0.2) is 0 Å². The molecule has 21 heavy (non-hydrogen) atoms. The van der Waals surface area contributed by atoms with E-state index in [1.807, 2.05) is 13.8 Å². The molecule has 3 nitrogen and oxygen atoms in total. The maximum Gasteiger partial charge on any atom is 0.0224 e. The van der Waals surface area contributed by atoms with Crippen LogP contribution in [0.2, 0.25) is 0 Å². The summed E-state index contributed by atoms with van der Waals surface area (Å²) >= 11 is 0. The smallest absolute Gasteiger partial charge is 0.0224 e. The molecule has 2 atom stereocenters. The average Bonchev–Trinajstić information content (AvgIpc) is 2.72. The lowest BCUT2D eigenvalue weighted by Crippen LogP contribution is -2.53. The molecule has 3 fully saturated rings. The van der Waals surface area contributed by atoms with Gasteiger partial charge >= 0.3 is 0 Å². The van der Waals surface area contributed by atoms with Gasteiger partial charge in [0.1, 0.15) is 0 Å². The molecular weight excluding hydrogens is 258 g/mol. The number of likely N-dealkylation sites (N-methyl/N-ethyl adjacent to an activating group) is 1. The summed E-state index contributed by atoms with van der Waals surface area (Å²) in [5.41, 5.74) is 0. The first kappa shape index (κ1) is 17.2. The fraction of sp³-hybridized carbons (Fsp3) is 1.00. The minimum atomic E-state index is 0.737. The first-order valence-corrected chi connectivity index (χ1v) is 9.32. The Bertz CT molecular complexity index is 283. The number of hydrogen-bond donors (Lipinski definition) is 0. The molecule has 0 N–H and O–H groups in total. The normalized spacial score (nSPS) is 32.3. The Kier molecular flexibility index (Phi) is 6.51. The van der Waals surface area contributed by atoms with Crippen LogP contribution in [0.25, 0.3) is 0 Å². The molecule has 3 aliphatic rings. The summed E-state index contributed by atoms with van der Waals surface area (Å²) in [6, 6.07) is 2.45. The maximum atomic E-state index is 2.78. The van der Waals surface area contributed by atoms with Gasteiger partial charge in [0.2, 0.25) is 0 Å². The molecule has 0 spiro atoms. The van der Waals surface area contributed by atoms with Crippen LogP contribution in [0.5, 0.6) is 0 Å². The SMILES string of the molecule is CC.CC(C)N1CCC(CN2CC3CCC(C2)N3C)CC1. The molecule has 124 valence electrons. The molecule has 0 aliphatic carbocycles. The topological polar surface area (TPSA) is 9.72 Å². The van der Waals surface area contributed by atoms with Gasteiger partial charge in [0.05, 0.1) is 0 Å². The Morgan fingerprint density at radius 3 is 1.90 bits per heavy atom. The second kappa shape index (κ2) is 7.94. The number of nitrogens with zero attached hydrogens (tertiary/aromatic N) is 3. The fourth-order valence-electron chi connectivity index (χ4n) is 4.37. The van der Waals surface area contributed by atoms with E-state index < -0.39 is 0 Å². The van der Waals surface area contributed by atoms with Crippen molar-refractivity contribution in [2.45, 2.75) is 71.5 Å². The highest BCUT2D eigenvalue weighted by molar-refractivity contribution is 4.94. The number of fused-ring (bicyclic) bond motifs is 2. The van der Waals surface area contributed by atoms with Crippen LogP contribution in [-0.2, 0) is 0 Å². The van der Waals surface area contributed by atoms with Crippen LogP contribution in [0.4, 0.5) is 0 Å². The number of piperazine rings is 1.